The van der Waals surface area contributed by atoms with Crippen LogP contribution in [0.5, 0.6) is 0 Å². The number of pyridine rings is 1. The molecule has 0 radical (unpaired) electrons. The van der Waals surface area contributed by atoms with E-state index in [0.29, 0.717) is 28.1 Å². The highest BCUT2D eigenvalue weighted by Gasteiger charge is 2.19. The molecular weight excluding hydrogens is 284 g/mol. The molecule has 0 atom stereocenters. The first-order chi connectivity index (χ1) is 8.13. The van der Waals surface area contributed by atoms with Gasteiger partial charge in [-0.2, -0.15) is 5.10 Å². The average Bonchev–Trinajstić information content (AvgIpc) is 2.70. The van der Waals surface area contributed by atoms with Crippen LogP contribution in [0.2, 0.25) is 0 Å². The molecule has 0 aliphatic carbocycles. The fourth-order valence-electron chi connectivity index (χ4n) is 1.49. The summed E-state index contributed by atoms with van der Waals surface area (Å²) in [5.74, 6) is -0.170. The summed E-state index contributed by atoms with van der Waals surface area (Å²) in [6.07, 6.45) is 3.07. The molecule has 0 spiro atoms. The Hall–Kier alpha value is -1.69. The van der Waals surface area contributed by atoms with Crippen LogP contribution >= 0.6 is 15.9 Å². The van der Waals surface area contributed by atoms with Crippen molar-refractivity contribution in [2.24, 2.45) is 0 Å². The number of aromatic nitrogens is 3. The molecule has 2 aromatic heterocycles. The molecular formula is C11H11BrN4O. The van der Waals surface area contributed by atoms with Gasteiger partial charge in [0.25, 0.3) is 0 Å². The van der Waals surface area contributed by atoms with Crippen LogP contribution in [0.15, 0.2) is 29.0 Å². The van der Waals surface area contributed by atoms with E-state index in [1.807, 2.05) is 6.92 Å². The molecule has 0 amide bonds. The summed E-state index contributed by atoms with van der Waals surface area (Å²) in [4.78, 5) is 16.2. The maximum atomic E-state index is 12.2. The van der Waals surface area contributed by atoms with E-state index < -0.39 is 0 Å². The number of nitrogens with zero attached hydrogens (tertiary/aromatic N) is 3. The van der Waals surface area contributed by atoms with Gasteiger partial charge in [-0.25, -0.2) is 0 Å². The fraction of sp³-hybridized carbons (Fsp3) is 0.182. The fourth-order valence-corrected chi connectivity index (χ4v) is 1.97. The predicted molar refractivity (Wildman–Crippen MR) is 67.7 cm³/mol. The number of nitrogen functional groups attached to an aromatic ring is 1. The van der Waals surface area contributed by atoms with Crippen molar-refractivity contribution in [3.8, 4) is 0 Å². The second kappa shape index (κ2) is 4.67. The van der Waals surface area contributed by atoms with Gasteiger partial charge in [0.1, 0.15) is 11.4 Å². The molecule has 0 aromatic carbocycles. The van der Waals surface area contributed by atoms with E-state index in [0.717, 1.165) is 0 Å². The largest absolute Gasteiger partial charge is 0.397 e. The highest BCUT2D eigenvalue weighted by atomic mass is 79.9. The quantitative estimate of drug-likeness (QED) is 0.877. The van der Waals surface area contributed by atoms with Gasteiger partial charge < -0.3 is 5.73 Å². The molecule has 6 heteroatoms. The van der Waals surface area contributed by atoms with E-state index in [2.05, 4.69) is 26.0 Å². The Kier molecular flexibility index (Phi) is 3.23. The van der Waals surface area contributed by atoms with E-state index in [4.69, 9.17) is 5.73 Å². The Balaban J connectivity index is 2.43. The molecule has 0 saturated heterocycles. The van der Waals surface area contributed by atoms with Crippen molar-refractivity contribution in [1.29, 1.82) is 0 Å². The zero-order valence-corrected chi connectivity index (χ0v) is 10.8. The molecule has 2 aromatic rings. The van der Waals surface area contributed by atoms with Crippen molar-refractivity contribution in [3.63, 3.8) is 0 Å². The second-order valence-electron chi connectivity index (χ2n) is 3.46. The first-order valence-corrected chi connectivity index (χ1v) is 5.90. The summed E-state index contributed by atoms with van der Waals surface area (Å²) < 4.78 is 2.30. The molecule has 0 aliphatic heterocycles. The van der Waals surface area contributed by atoms with E-state index >= 15 is 0 Å². The Morgan fingerprint density at radius 3 is 2.82 bits per heavy atom. The van der Waals surface area contributed by atoms with Crippen LogP contribution < -0.4 is 5.73 Å². The third kappa shape index (κ3) is 2.21. The molecule has 0 aliphatic rings. The maximum Gasteiger partial charge on any atom is 0.230 e. The molecule has 2 heterocycles. The van der Waals surface area contributed by atoms with Gasteiger partial charge in [0.15, 0.2) is 0 Å². The van der Waals surface area contributed by atoms with Crippen molar-refractivity contribution >= 4 is 27.4 Å². The summed E-state index contributed by atoms with van der Waals surface area (Å²) in [5.41, 5.74) is 6.92. The minimum Gasteiger partial charge on any atom is -0.397 e. The first-order valence-electron chi connectivity index (χ1n) is 5.11. The molecule has 0 saturated carbocycles. The standard InChI is InChI=1S/C11H11BrN4O/c1-2-16-10(8(12)6-15-16)11(17)9-4-3-7(13)5-14-9/h3-6H,2,13H2,1H3. The zero-order valence-electron chi connectivity index (χ0n) is 9.22. The lowest BCUT2D eigenvalue weighted by atomic mass is 10.2. The van der Waals surface area contributed by atoms with Crippen LogP contribution in [0.1, 0.15) is 23.1 Å². The number of anilines is 1. The number of nitrogens with two attached hydrogens (primary N) is 1. The van der Waals surface area contributed by atoms with Gasteiger partial charge in [-0.3, -0.25) is 14.5 Å². The van der Waals surface area contributed by atoms with E-state index in [9.17, 15) is 4.79 Å². The number of rotatable bonds is 3. The van der Waals surface area contributed by atoms with Gasteiger partial charge in [0, 0.05) is 6.54 Å². The minimum atomic E-state index is -0.170. The molecule has 17 heavy (non-hydrogen) atoms. The van der Waals surface area contributed by atoms with Crippen LogP contribution in [0.25, 0.3) is 0 Å². The van der Waals surface area contributed by atoms with Gasteiger partial charge >= 0.3 is 0 Å². The topological polar surface area (TPSA) is 73.8 Å². The Labute approximate surface area is 107 Å². The van der Waals surface area contributed by atoms with Gasteiger partial charge in [-0.15, -0.1) is 0 Å². The summed E-state index contributed by atoms with van der Waals surface area (Å²) >= 11 is 3.31. The average molecular weight is 295 g/mol. The third-order valence-corrected chi connectivity index (χ3v) is 2.91. The second-order valence-corrected chi connectivity index (χ2v) is 4.32. The van der Waals surface area contributed by atoms with Crippen LogP contribution in [-0.2, 0) is 6.54 Å². The van der Waals surface area contributed by atoms with Gasteiger partial charge in [0.05, 0.1) is 22.6 Å². The Morgan fingerprint density at radius 2 is 2.24 bits per heavy atom. The summed E-state index contributed by atoms with van der Waals surface area (Å²) in [5, 5.41) is 4.09. The summed E-state index contributed by atoms with van der Waals surface area (Å²) in [7, 11) is 0. The molecule has 2 N–H and O–H groups in total. The van der Waals surface area contributed by atoms with Crippen LogP contribution in [0, 0.1) is 0 Å². The number of aryl methyl sites for hydroxylation is 1. The lowest BCUT2D eigenvalue weighted by Gasteiger charge is -2.04. The molecule has 0 unspecified atom stereocenters. The third-order valence-electron chi connectivity index (χ3n) is 2.33. The van der Waals surface area contributed by atoms with Crippen LogP contribution in [0.3, 0.4) is 0 Å². The van der Waals surface area contributed by atoms with Gasteiger partial charge in [0.2, 0.25) is 5.78 Å². The van der Waals surface area contributed by atoms with Crippen LogP contribution in [-0.4, -0.2) is 20.5 Å². The normalized spacial score (nSPS) is 10.5. The minimum absolute atomic E-state index is 0.170. The molecule has 88 valence electrons. The van der Waals surface area contributed by atoms with Crippen LogP contribution in [0.4, 0.5) is 5.69 Å². The predicted octanol–water partition coefficient (Wildman–Crippen LogP) is 1.87. The van der Waals surface area contributed by atoms with Crippen molar-refractivity contribution in [2.75, 3.05) is 5.73 Å². The molecule has 0 fully saturated rings. The number of halogens is 1. The summed E-state index contributed by atoms with van der Waals surface area (Å²) in [6, 6.07) is 3.26. The number of carbonyl (C=O) groups is 1. The smallest absolute Gasteiger partial charge is 0.230 e. The summed E-state index contributed by atoms with van der Waals surface area (Å²) in [6.45, 7) is 2.55. The van der Waals surface area contributed by atoms with Crippen molar-refractivity contribution in [2.45, 2.75) is 13.5 Å². The monoisotopic (exact) mass is 294 g/mol. The molecule has 0 bridgehead atoms. The first kappa shape index (κ1) is 11.8. The van der Waals surface area contributed by atoms with E-state index in [1.165, 1.54) is 6.20 Å². The van der Waals surface area contributed by atoms with E-state index in [-0.39, 0.29) is 5.78 Å². The van der Waals surface area contributed by atoms with Gasteiger partial charge in [-0.1, -0.05) is 0 Å². The number of hydrogen-bond acceptors (Lipinski definition) is 4. The Morgan fingerprint density at radius 1 is 1.47 bits per heavy atom. The zero-order chi connectivity index (χ0) is 12.4. The Bertz CT molecular complexity index is 547. The van der Waals surface area contributed by atoms with Gasteiger partial charge in [-0.05, 0) is 35.0 Å². The molecule has 2 rings (SSSR count). The number of carbonyl (C=O) groups excluding carboxylic acids is 1. The van der Waals surface area contributed by atoms with Crippen molar-refractivity contribution in [3.05, 3.63) is 40.4 Å². The molecule has 5 nitrogen and oxygen atoms in total. The SMILES string of the molecule is CCn1ncc(Br)c1C(=O)c1ccc(N)cn1. The number of ketones is 1. The van der Waals surface area contributed by atoms with Crippen molar-refractivity contribution < 1.29 is 4.79 Å². The lowest BCUT2D eigenvalue weighted by molar-refractivity contribution is 0.102. The van der Waals surface area contributed by atoms with E-state index in [1.54, 1.807) is 23.0 Å². The van der Waals surface area contributed by atoms with Crippen molar-refractivity contribution in [1.82, 2.24) is 14.8 Å². The highest BCUT2D eigenvalue weighted by molar-refractivity contribution is 9.10. The number of hydrogen-bond donors (Lipinski definition) is 1. The maximum absolute atomic E-state index is 12.2. The lowest BCUT2D eigenvalue weighted by Crippen LogP contribution is -2.12. The highest BCUT2D eigenvalue weighted by Crippen LogP contribution is 2.19.